The molecule has 0 radical (unpaired) electrons. The van der Waals surface area contributed by atoms with E-state index >= 15 is 0 Å². The predicted octanol–water partition coefficient (Wildman–Crippen LogP) is 0.843. The first kappa shape index (κ1) is 13.0. The molecule has 3 rings (SSSR count). The number of hydrogen-bond acceptors (Lipinski definition) is 6. The van der Waals surface area contributed by atoms with Gasteiger partial charge in [-0.15, -0.1) is 0 Å². The molecule has 106 valence electrons. The second-order valence-electron chi connectivity index (χ2n) is 5.60. The molecule has 19 heavy (non-hydrogen) atoms. The quantitative estimate of drug-likeness (QED) is 0.851. The number of nitrogens with two attached hydrogens (primary N) is 1. The molecule has 1 atom stereocenters. The molecule has 6 nitrogen and oxygen atoms in total. The van der Waals surface area contributed by atoms with E-state index in [1.807, 2.05) is 0 Å². The van der Waals surface area contributed by atoms with Crippen molar-refractivity contribution in [2.75, 3.05) is 32.8 Å². The van der Waals surface area contributed by atoms with Crippen LogP contribution in [0.5, 0.6) is 0 Å². The fourth-order valence-electron chi connectivity index (χ4n) is 2.62. The molecule has 2 aliphatic rings. The van der Waals surface area contributed by atoms with Crippen LogP contribution in [0.2, 0.25) is 0 Å². The van der Waals surface area contributed by atoms with Gasteiger partial charge in [0.2, 0.25) is 11.7 Å². The zero-order chi connectivity index (χ0) is 13.3. The Morgan fingerprint density at radius 2 is 2.32 bits per heavy atom. The van der Waals surface area contributed by atoms with Crippen LogP contribution in [0.15, 0.2) is 4.52 Å². The van der Waals surface area contributed by atoms with Crippen LogP contribution >= 0.6 is 0 Å². The highest BCUT2D eigenvalue weighted by Crippen LogP contribution is 2.46. The lowest BCUT2D eigenvalue weighted by molar-refractivity contribution is -0.0350. The summed E-state index contributed by atoms with van der Waals surface area (Å²) in [5, 5.41) is 4.10. The van der Waals surface area contributed by atoms with Gasteiger partial charge in [-0.2, -0.15) is 4.98 Å². The molecular weight excluding hydrogens is 244 g/mol. The fourth-order valence-corrected chi connectivity index (χ4v) is 2.62. The van der Waals surface area contributed by atoms with Crippen molar-refractivity contribution in [3.05, 3.63) is 11.7 Å². The lowest BCUT2D eigenvalue weighted by Crippen LogP contribution is -2.39. The van der Waals surface area contributed by atoms with E-state index in [1.165, 1.54) is 0 Å². The number of hydrogen-bond donors (Lipinski definition) is 1. The molecule has 2 fully saturated rings. The van der Waals surface area contributed by atoms with Gasteiger partial charge in [0.15, 0.2) is 0 Å². The van der Waals surface area contributed by atoms with E-state index in [0.29, 0.717) is 18.3 Å². The van der Waals surface area contributed by atoms with Crippen LogP contribution in [0.3, 0.4) is 0 Å². The maximum Gasteiger partial charge on any atom is 0.234 e. The van der Waals surface area contributed by atoms with E-state index in [9.17, 15) is 0 Å². The molecule has 1 unspecified atom stereocenters. The molecule has 1 aliphatic heterocycles. The first-order valence-corrected chi connectivity index (χ1v) is 7.15. The van der Waals surface area contributed by atoms with E-state index in [4.69, 9.17) is 15.0 Å². The molecule has 1 aliphatic carbocycles. The zero-order valence-corrected chi connectivity index (χ0v) is 11.5. The van der Waals surface area contributed by atoms with Crippen LogP contribution in [-0.4, -0.2) is 47.8 Å². The average molecular weight is 266 g/mol. The molecule has 0 aromatic carbocycles. The number of aromatic nitrogens is 2. The standard InChI is InChI=1S/C13H22N4O2/c1-2-5-17-6-7-18-10(8-17)11-15-12(19-16-11)13(9-14)3-4-13/h10H,2-9,14H2,1H3. The third-order valence-electron chi connectivity index (χ3n) is 4.12. The van der Waals surface area contributed by atoms with Crippen molar-refractivity contribution in [1.29, 1.82) is 0 Å². The zero-order valence-electron chi connectivity index (χ0n) is 11.5. The number of morpholine rings is 1. The van der Waals surface area contributed by atoms with Crippen LogP contribution in [0.4, 0.5) is 0 Å². The van der Waals surface area contributed by atoms with Crippen molar-refractivity contribution in [1.82, 2.24) is 15.0 Å². The highest BCUT2D eigenvalue weighted by Gasteiger charge is 2.48. The Labute approximate surface area is 113 Å². The summed E-state index contributed by atoms with van der Waals surface area (Å²) < 4.78 is 11.2. The molecule has 0 spiro atoms. The summed E-state index contributed by atoms with van der Waals surface area (Å²) in [6.45, 7) is 6.44. The maximum atomic E-state index is 5.78. The summed E-state index contributed by atoms with van der Waals surface area (Å²) in [4.78, 5) is 6.91. The van der Waals surface area contributed by atoms with Crippen LogP contribution in [0, 0.1) is 0 Å². The van der Waals surface area contributed by atoms with Gasteiger partial charge in [0.1, 0.15) is 6.10 Å². The molecule has 2 heterocycles. The Hall–Kier alpha value is -0.980. The van der Waals surface area contributed by atoms with E-state index in [2.05, 4.69) is 22.0 Å². The monoisotopic (exact) mass is 266 g/mol. The lowest BCUT2D eigenvalue weighted by atomic mass is 10.1. The third kappa shape index (κ3) is 2.52. The first-order chi connectivity index (χ1) is 9.27. The van der Waals surface area contributed by atoms with Crippen molar-refractivity contribution < 1.29 is 9.26 Å². The molecular formula is C13H22N4O2. The van der Waals surface area contributed by atoms with Crippen molar-refractivity contribution in [2.45, 2.75) is 37.7 Å². The molecule has 2 N–H and O–H groups in total. The molecule has 0 bridgehead atoms. The predicted molar refractivity (Wildman–Crippen MR) is 69.7 cm³/mol. The normalized spacial score (nSPS) is 26.5. The Morgan fingerprint density at radius 1 is 1.47 bits per heavy atom. The van der Waals surface area contributed by atoms with Gasteiger partial charge in [-0.05, 0) is 25.8 Å². The molecule has 1 aromatic rings. The van der Waals surface area contributed by atoms with Gasteiger partial charge >= 0.3 is 0 Å². The van der Waals surface area contributed by atoms with Crippen molar-refractivity contribution in [2.24, 2.45) is 5.73 Å². The summed E-state index contributed by atoms with van der Waals surface area (Å²) in [7, 11) is 0. The number of rotatable bonds is 5. The molecule has 6 heteroatoms. The minimum absolute atomic E-state index is 0.0387. The highest BCUT2D eigenvalue weighted by molar-refractivity contribution is 5.16. The first-order valence-electron chi connectivity index (χ1n) is 7.15. The summed E-state index contributed by atoms with van der Waals surface area (Å²) in [6.07, 6.45) is 3.20. The Morgan fingerprint density at radius 3 is 3.00 bits per heavy atom. The maximum absolute atomic E-state index is 5.78. The Balaban J connectivity index is 1.68. The van der Waals surface area contributed by atoms with E-state index < -0.39 is 0 Å². The van der Waals surface area contributed by atoms with Gasteiger partial charge in [-0.25, -0.2) is 0 Å². The lowest BCUT2D eigenvalue weighted by Gasteiger charge is -2.30. The van der Waals surface area contributed by atoms with E-state index in [1.54, 1.807) is 0 Å². The summed E-state index contributed by atoms with van der Waals surface area (Å²) >= 11 is 0. The Kier molecular flexibility index (Phi) is 3.56. The molecule has 0 amide bonds. The van der Waals surface area contributed by atoms with Crippen LogP contribution < -0.4 is 5.73 Å². The summed E-state index contributed by atoms with van der Waals surface area (Å²) in [5.74, 6) is 1.37. The van der Waals surface area contributed by atoms with Gasteiger partial charge in [-0.1, -0.05) is 12.1 Å². The van der Waals surface area contributed by atoms with Crippen LogP contribution in [0.25, 0.3) is 0 Å². The van der Waals surface area contributed by atoms with Gasteiger partial charge in [0.05, 0.1) is 12.0 Å². The van der Waals surface area contributed by atoms with E-state index in [-0.39, 0.29) is 11.5 Å². The topological polar surface area (TPSA) is 77.4 Å². The van der Waals surface area contributed by atoms with Crippen LogP contribution in [0.1, 0.15) is 44.0 Å². The summed E-state index contributed by atoms with van der Waals surface area (Å²) in [6, 6.07) is 0. The highest BCUT2D eigenvalue weighted by atomic mass is 16.5. The number of nitrogens with zero attached hydrogens (tertiary/aromatic N) is 3. The van der Waals surface area contributed by atoms with Crippen molar-refractivity contribution in [3.8, 4) is 0 Å². The van der Waals surface area contributed by atoms with Crippen molar-refractivity contribution in [3.63, 3.8) is 0 Å². The summed E-state index contributed by atoms with van der Waals surface area (Å²) in [5.41, 5.74) is 5.74. The van der Waals surface area contributed by atoms with Gasteiger partial charge in [-0.3, -0.25) is 4.90 Å². The number of ether oxygens (including phenoxy) is 1. The fraction of sp³-hybridized carbons (Fsp3) is 0.846. The minimum Gasteiger partial charge on any atom is -0.367 e. The largest absolute Gasteiger partial charge is 0.367 e. The third-order valence-corrected chi connectivity index (χ3v) is 4.12. The Bertz CT molecular complexity index is 428. The molecule has 1 aromatic heterocycles. The molecule has 1 saturated carbocycles. The SMILES string of the molecule is CCCN1CCOC(c2noc(C3(CN)CC3)n2)C1. The molecule has 1 saturated heterocycles. The van der Waals surface area contributed by atoms with Gasteiger partial charge in [0, 0.05) is 19.6 Å². The average Bonchev–Trinajstić information content (AvgIpc) is 3.08. The van der Waals surface area contributed by atoms with Gasteiger partial charge in [0.25, 0.3) is 0 Å². The van der Waals surface area contributed by atoms with Crippen molar-refractivity contribution >= 4 is 0 Å². The second-order valence-corrected chi connectivity index (χ2v) is 5.60. The minimum atomic E-state index is -0.0635. The second kappa shape index (κ2) is 5.19. The van der Waals surface area contributed by atoms with Crippen LogP contribution in [-0.2, 0) is 10.2 Å². The smallest absolute Gasteiger partial charge is 0.234 e. The van der Waals surface area contributed by atoms with Gasteiger partial charge < -0.3 is 15.0 Å². The van der Waals surface area contributed by atoms with E-state index in [0.717, 1.165) is 45.5 Å².